The summed E-state index contributed by atoms with van der Waals surface area (Å²) in [5.74, 6) is -0.318. The topological polar surface area (TPSA) is 62.3 Å². The maximum absolute atomic E-state index is 15.7. The van der Waals surface area contributed by atoms with E-state index in [2.05, 4.69) is 46.2 Å². The summed E-state index contributed by atoms with van der Waals surface area (Å²) in [5.41, 5.74) is 4.18. The van der Waals surface area contributed by atoms with Crippen LogP contribution >= 0.6 is 11.3 Å². The van der Waals surface area contributed by atoms with Crippen molar-refractivity contribution < 1.29 is 9.13 Å². The maximum Gasteiger partial charge on any atom is 0.155 e. The van der Waals surface area contributed by atoms with Gasteiger partial charge in [-0.15, -0.1) is 11.3 Å². The van der Waals surface area contributed by atoms with Crippen molar-refractivity contribution in [1.29, 1.82) is 0 Å². The molecule has 5 heterocycles. The van der Waals surface area contributed by atoms with Crippen molar-refractivity contribution in [2.45, 2.75) is 26.1 Å². The number of aromatic nitrogens is 2. The highest BCUT2D eigenvalue weighted by Crippen LogP contribution is 2.41. The summed E-state index contributed by atoms with van der Waals surface area (Å²) >= 11 is 1.81. The third-order valence-corrected chi connectivity index (χ3v) is 7.95. The highest BCUT2D eigenvalue weighted by Gasteiger charge is 2.21. The van der Waals surface area contributed by atoms with E-state index in [1.165, 1.54) is 20.7 Å². The van der Waals surface area contributed by atoms with Crippen LogP contribution in [-0.4, -0.2) is 53.8 Å². The molecular formula is C27H28FN5OS. The molecule has 1 atom stereocenters. The number of thiophene rings is 1. The van der Waals surface area contributed by atoms with Crippen LogP contribution in [0.5, 0.6) is 0 Å². The van der Waals surface area contributed by atoms with Gasteiger partial charge in [0, 0.05) is 64.7 Å². The first-order valence-corrected chi connectivity index (χ1v) is 12.9. The third-order valence-electron chi connectivity index (χ3n) is 6.80. The highest BCUT2D eigenvalue weighted by molar-refractivity contribution is 7.20. The Morgan fingerprint density at radius 1 is 1.23 bits per heavy atom. The quantitative estimate of drug-likeness (QED) is 0.419. The molecule has 0 radical (unpaired) electrons. The molecule has 0 aliphatic carbocycles. The van der Waals surface area contributed by atoms with Crippen molar-refractivity contribution in [3.05, 3.63) is 59.0 Å². The Morgan fingerprint density at radius 3 is 2.91 bits per heavy atom. The predicted octanol–water partition coefficient (Wildman–Crippen LogP) is 5.03. The van der Waals surface area contributed by atoms with Gasteiger partial charge in [0.25, 0.3) is 0 Å². The van der Waals surface area contributed by atoms with E-state index in [4.69, 9.17) is 9.72 Å². The van der Waals surface area contributed by atoms with Crippen LogP contribution in [0.2, 0.25) is 0 Å². The van der Waals surface area contributed by atoms with Gasteiger partial charge in [-0.1, -0.05) is 6.58 Å². The van der Waals surface area contributed by atoms with E-state index < -0.39 is 0 Å². The summed E-state index contributed by atoms with van der Waals surface area (Å²) in [5, 5.41) is 9.47. The average Bonchev–Trinajstić information content (AvgIpc) is 3.15. The Morgan fingerprint density at radius 2 is 2.09 bits per heavy atom. The molecule has 180 valence electrons. The van der Waals surface area contributed by atoms with E-state index in [0.29, 0.717) is 48.4 Å². The zero-order chi connectivity index (χ0) is 23.9. The molecule has 4 aromatic rings. The predicted molar refractivity (Wildman–Crippen MR) is 141 cm³/mol. The second-order valence-electron chi connectivity index (χ2n) is 9.21. The molecule has 0 saturated carbocycles. The summed E-state index contributed by atoms with van der Waals surface area (Å²) < 4.78 is 22.4. The molecule has 0 unspecified atom stereocenters. The number of anilines is 1. The van der Waals surface area contributed by atoms with Crippen molar-refractivity contribution in [2.75, 3.05) is 38.2 Å². The molecule has 2 aliphatic heterocycles. The molecule has 0 amide bonds. The fourth-order valence-electron chi connectivity index (χ4n) is 4.88. The zero-order valence-electron chi connectivity index (χ0n) is 19.7. The van der Waals surface area contributed by atoms with Crippen LogP contribution in [0.1, 0.15) is 23.2 Å². The standard InChI is InChI=1S/C27H28FN5OS/c1-3-17-12-19(26(28)22(31-17)15-33-8-10-34-11-9-33)21-5-4-18-20(32-21)6-7-23-25(18)27-24(35-23)14-29-16(2)13-30-27/h3-7,12,16,29-30H,1,8-11,13-15H2,2H3/t16-/m1/s1. The van der Waals surface area contributed by atoms with Gasteiger partial charge in [-0.05, 0) is 43.3 Å². The van der Waals surface area contributed by atoms with Crippen molar-refractivity contribution in [1.82, 2.24) is 20.2 Å². The lowest BCUT2D eigenvalue weighted by Gasteiger charge is -2.26. The van der Waals surface area contributed by atoms with Crippen LogP contribution in [0.25, 0.3) is 38.3 Å². The average molecular weight is 490 g/mol. The number of benzene rings is 1. The number of halogens is 1. The van der Waals surface area contributed by atoms with Gasteiger partial charge < -0.3 is 15.4 Å². The Balaban J connectivity index is 1.43. The number of nitrogens with zero attached hydrogens (tertiary/aromatic N) is 3. The minimum Gasteiger partial charge on any atom is -0.382 e. The molecule has 0 bridgehead atoms. The van der Waals surface area contributed by atoms with E-state index >= 15 is 4.39 Å². The number of hydrogen-bond acceptors (Lipinski definition) is 7. The first-order chi connectivity index (χ1) is 17.1. The van der Waals surface area contributed by atoms with Crippen molar-refractivity contribution >= 4 is 44.1 Å². The molecule has 6 nitrogen and oxygen atoms in total. The number of morpholine rings is 1. The van der Waals surface area contributed by atoms with Gasteiger partial charge in [0.05, 0.1) is 41.5 Å². The van der Waals surface area contributed by atoms with E-state index in [0.717, 1.165) is 37.1 Å². The van der Waals surface area contributed by atoms with Crippen LogP contribution in [0, 0.1) is 5.82 Å². The second kappa shape index (κ2) is 9.28. The van der Waals surface area contributed by atoms with E-state index in [1.807, 2.05) is 23.5 Å². The number of ether oxygens (including phenoxy) is 1. The number of nitrogens with one attached hydrogen (secondary N) is 2. The molecular weight excluding hydrogens is 461 g/mol. The van der Waals surface area contributed by atoms with Crippen molar-refractivity contribution in [2.24, 2.45) is 0 Å². The molecule has 3 aromatic heterocycles. The van der Waals surface area contributed by atoms with E-state index in [9.17, 15) is 0 Å². The smallest absolute Gasteiger partial charge is 0.155 e. The molecule has 8 heteroatoms. The van der Waals surface area contributed by atoms with Crippen molar-refractivity contribution in [3.63, 3.8) is 0 Å². The summed E-state index contributed by atoms with van der Waals surface area (Å²) in [6.07, 6.45) is 1.66. The van der Waals surface area contributed by atoms with Gasteiger partial charge >= 0.3 is 0 Å². The van der Waals surface area contributed by atoms with Crippen LogP contribution in [0.15, 0.2) is 36.9 Å². The minimum absolute atomic E-state index is 0.318. The molecule has 35 heavy (non-hydrogen) atoms. The summed E-state index contributed by atoms with van der Waals surface area (Å²) in [4.78, 5) is 12.9. The maximum atomic E-state index is 15.7. The summed E-state index contributed by atoms with van der Waals surface area (Å²) in [7, 11) is 0. The molecule has 1 fully saturated rings. The first kappa shape index (κ1) is 22.5. The Labute approximate surface area is 207 Å². The second-order valence-corrected chi connectivity index (χ2v) is 10.3. The molecule has 1 saturated heterocycles. The van der Waals surface area contributed by atoms with Gasteiger partial charge in [-0.3, -0.25) is 4.90 Å². The Bertz CT molecular complexity index is 1430. The number of pyridine rings is 2. The van der Waals surface area contributed by atoms with Crippen molar-refractivity contribution in [3.8, 4) is 11.3 Å². The SMILES string of the molecule is C=Cc1cc(-c2ccc3c(ccc4sc5c(c43)NC[C@@H](C)NC5)n2)c(F)c(CN2CCOCC2)n1. The largest absolute Gasteiger partial charge is 0.382 e. The van der Waals surface area contributed by atoms with Crippen LogP contribution in [-0.2, 0) is 17.8 Å². The zero-order valence-corrected chi connectivity index (χ0v) is 20.6. The van der Waals surface area contributed by atoms with E-state index in [1.54, 1.807) is 12.1 Å². The Kier molecular flexibility index (Phi) is 5.98. The molecule has 0 spiro atoms. The lowest BCUT2D eigenvalue weighted by molar-refractivity contribution is 0.0331. The molecule has 2 N–H and O–H groups in total. The highest BCUT2D eigenvalue weighted by atomic mass is 32.1. The molecule has 2 aliphatic rings. The van der Waals surface area contributed by atoms with E-state index in [-0.39, 0.29) is 5.82 Å². The number of fused-ring (bicyclic) bond motifs is 5. The number of rotatable bonds is 4. The fraction of sp³-hybridized carbons (Fsp3) is 0.333. The fourth-order valence-corrected chi connectivity index (χ4v) is 6.02. The summed E-state index contributed by atoms with van der Waals surface area (Å²) in [6.45, 7) is 11.1. The first-order valence-electron chi connectivity index (χ1n) is 12.1. The van der Waals surface area contributed by atoms with Gasteiger partial charge in [0.2, 0.25) is 0 Å². The normalized spacial score (nSPS) is 18.9. The lowest BCUT2D eigenvalue weighted by atomic mass is 10.0. The van der Waals surface area contributed by atoms with Gasteiger partial charge in [-0.25, -0.2) is 14.4 Å². The van der Waals surface area contributed by atoms with Gasteiger partial charge in [0.1, 0.15) is 0 Å². The monoisotopic (exact) mass is 489 g/mol. The molecule has 1 aromatic carbocycles. The van der Waals surface area contributed by atoms with Crippen LogP contribution < -0.4 is 10.6 Å². The summed E-state index contributed by atoms with van der Waals surface area (Å²) in [6, 6.07) is 10.3. The van der Waals surface area contributed by atoms with Crippen LogP contribution in [0.4, 0.5) is 10.1 Å². The minimum atomic E-state index is -0.318. The lowest BCUT2D eigenvalue weighted by Crippen LogP contribution is -2.36. The molecule has 6 rings (SSSR count). The van der Waals surface area contributed by atoms with Gasteiger partial charge in [-0.2, -0.15) is 0 Å². The number of hydrogen-bond donors (Lipinski definition) is 2. The van der Waals surface area contributed by atoms with Gasteiger partial charge in [0.15, 0.2) is 5.82 Å². The third kappa shape index (κ3) is 4.21. The Hall–Kier alpha value is -2.91. The van der Waals surface area contributed by atoms with Crippen LogP contribution in [0.3, 0.4) is 0 Å².